The fourth-order valence-corrected chi connectivity index (χ4v) is 2.33. The summed E-state index contributed by atoms with van der Waals surface area (Å²) in [6.45, 7) is 6.87. The molecule has 1 N–H and O–H groups in total. The van der Waals surface area contributed by atoms with Gasteiger partial charge in [-0.3, -0.25) is 9.42 Å². The molecule has 0 fully saturated rings. The van der Waals surface area contributed by atoms with E-state index in [1.165, 1.54) is 0 Å². The fourth-order valence-electron chi connectivity index (χ4n) is 1.15. The Morgan fingerprint density at radius 3 is 2.31 bits per heavy atom. The molecule has 16 heavy (non-hydrogen) atoms. The van der Waals surface area contributed by atoms with Crippen molar-refractivity contribution in [1.82, 2.24) is 0 Å². The average Bonchev–Trinajstić information content (AvgIpc) is 2.04. The third-order valence-corrected chi connectivity index (χ3v) is 2.90. The lowest BCUT2D eigenvalue weighted by atomic mass is 10.2. The Balaban J connectivity index is 2.81. The van der Waals surface area contributed by atoms with E-state index < -0.39 is 13.4 Å². The molecule has 1 atom stereocenters. The molecule has 0 saturated heterocycles. The minimum absolute atomic E-state index is 0.359. The predicted molar refractivity (Wildman–Crippen MR) is 62.5 cm³/mol. The Labute approximate surface area is 95.8 Å². The highest BCUT2D eigenvalue weighted by atomic mass is 31.2. The van der Waals surface area contributed by atoms with Gasteiger partial charge >= 0.3 is 7.82 Å². The highest BCUT2D eigenvalue weighted by Crippen LogP contribution is 2.47. The van der Waals surface area contributed by atoms with Crippen molar-refractivity contribution in [2.45, 2.75) is 33.3 Å². The molecule has 90 valence electrons. The smallest absolute Gasteiger partial charge is 0.404 e. The van der Waals surface area contributed by atoms with Gasteiger partial charge in [0.15, 0.2) is 0 Å². The second-order valence-electron chi connectivity index (χ2n) is 4.53. The molecule has 1 unspecified atom stereocenters. The highest BCUT2D eigenvalue weighted by molar-refractivity contribution is 7.47. The molecule has 5 heteroatoms. The van der Waals surface area contributed by atoms with Gasteiger partial charge in [-0.1, -0.05) is 18.2 Å². The third kappa shape index (κ3) is 4.35. The van der Waals surface area contributed by atoms with Gasteiger partial charge < -0.3 is 4.52 Å². The monoisotopic (exact) mass is 244 g/mol. The van der Waals surface area contributed by atoms with E-state index in [2.05, 4.69) is 0 Å². The number of hydrogen-bond acceptors (Lipinski definition) is 3. The van der Waals surface area contributed by atoms with Crippen molar-refractivity contribution in [3.05, 3.63) is 29.8 Å². The van der Waals surface area contributed by atoms with Crippen molar-refractivity contribution in [3.8, 4) is 5.75 Å². The number of aryl methyl sites for hydroxylation is 1. The topological polar surface area (TPSA) is 55.8 Å². The predicted octanol–water partition coefficient (Wildman–Crippen LogP) is 3.29. The molecule has 0 aliphatic carbocycles. The van der Waals surface area contributed by atoms with Crippen LogP contribution in [0.4, 0.5) is 0 Å². The van der Waals surface area contributed by atoms with Gasteiger partial charge in [-0.05, 0) is 39.3 Å². The van der Waals surface area contributed by atoms with Crippen molar-refractivity contribution in [2.75, 3.05) is 0 Å². The second kappa shape index (κ2) is 4.58. The van der Waals surface area contributed by atoms with Crippen LogP contribution >= 0.6 is 7.82 Å². The van der Waals surface area contributed by atoms with E-state index in [1.54, 1.807) is 45.9 Å². The van der Waals surface area contributed by atoms with Crippen LogP contribution in [0.5, 0.6) is 5.75 Å². The maximum absolute atomic E-state index is 11.7. The minimum Gasteiger partial charge on any atom is -0.404 e. The van der Waals surface area contributed by atoms with E-state index in [0.29, 0.717) is 5.75 Å². The van der Waals surface area contributed by atoms with E-state index in [1.807, 2.05) is 6.07 Å². The van der Waals surface area contributed by atoms with Gasteiger partial charge in [0.2, 0.25) is 0 Å². The molecule has 4 nitrogen and oxygen atoms in total. The summed E-state index contributed by atoms with van der Waals surface area (Å²) < 4.78 is 21.6. The van der Waals surface area contributed by atoms with Crippen LogP contribution in [-0.2, 0) is 9.09 Å². The van der Waals surface area contributed by atoms with Crippen molar-refractivity contribution in [2.24, 2.45) is 0 Å². The van der Waals surface area contributed by atoms with Crippen LogP contribution in [0.15, 0.2) is 24.3 Å². The van der Waals surface area contributed by atoms with Crippen LogP contribution in [0.25, 0.3) is 0 Å². The molecule has 0 heterocycles. The quantitative estimate of drug-likeness (QED) is 0.829. The summed E-state index contributed by atoms with van der Waals surface area (Å²) in [5.74, 6) is 0.359. The Hall–Kier alpha value is -0.830. The maximum atomic E-state index is 11.7. The standard InChI is InChI=1S/C11H17O4P/c1-9-7-5-6-8-10(9)14-16(12,13)15-11(2,3)4/h5-8H,1-4H3,(H,12,13). The van der Waals surface area contributed by atoms with E-state index in [4.69, 9.17) is 9.05 Å². The summed E-state index contributed by atoms with van der Waals surface area (Å²) in [5.41, 5.74) is 0.0572. The van der Waals surface area contributed by atoms with Crippen LogP contribution in [-0.4, -0.2) is 10.5 Å². The molecular formula is C11H17O4P. The van der Waals surface area contributed by atoms with Crippen molar-refractivity contribution in [3.63, 3.8) is 0 Å². The van der Waals surface area contributed by atoms with Gasteiger partial charge in [-0.2, -0.15) is 0 Å². The van der Waals surface area contributed by atoms with E-state index in [0.717, 1.165) is 5.56 Å². The molecule has 0 bridgehead atoms. The number of hydrogen-bond donors (Lipinski definition) is 1. The first-order valence-electron chi connectivity index (χ1n) is 4.98. The first-order chi connectivity index (χ1) is 7.20. The number of para-hydroxylation sites is 1. The fraction of sp³-hybridized carbons (Fsp3) is 0.455. The van der Waals surface area contributed by atoms with Crippen LogP contribution in [0.2, 0.25) is 0 Å². The number of benzene rings is 1. The molecule has 0 amide bonds. The summed E-state index contributed by atoms with van der Waals surface area (Å²) in [4.78, 5) is 9.54. The van der Waals surface area contributed by atoms with E-state index in [9.17, 15) is 9.46 Å². The molecule has 1 rings (SSSR count). The maximum Gasteiger partial charge on any atom is 0.527 e. The molecule has 0 aliphatic heterocycles. The minimum atomic E-state index is -4.06. The second-order valence-corrected chi connectivity index (χ2v) is 5.83. The molecule has 0 spiro atoms. The molecule has 1 aromatic carbocycles. The zero-order chi connectivity index (χ0) is 12.4. The summed E-state index contributed by atoms with van der Waals surface area (Å²) in [7, 11) is -4.06. The molecule has 1 aromatic rings. The number of phosphoric acid groups is 1. The number of rotatable bonds is 3. The van der Waals surface area contributed by atoms with Gasteiger partial charge in [-0.15, -0.1) is 0 Å². The summed E-state index contributed by atoms with van der Waals surface area (Å²) in [6, 6.07) is 6.99. The third-order valence-electron chi connectivity index (χ3n) is 1.70. The molecular weight excluding hydrogens is 227 g/mol. The van der Waals surface area contributed by atoms with E-state index in [-0.39, 0.29) is 0 Å². The lowest BCUT2D eigenvalue weighted by molar-refractivity contribution is 0.0845. The van der Waals surface area contributed by atoms with Gasteiger partial charge in [0.05, 0.1) is 5.60 Å². The zero-order valence-corrected chi connectivity index (χ0v) is 10.8. The van der Waals surface area contributed by atoms with Gasteiger partial charge in [0.25, 0.3) is 0 Å². The Morgan fingerprint density at radius 2 is 1.81 bits per heavy atom. The first-order valence-corrected chi connectivity index (χ1v) is 6.48. The summed E-state index contributed by atoms with van der Waals surface area (Å²) >= 11 is 0. The zero-order valence-electron chi connectivity index (χ0n) is 9.93. The molecule has 0 aliphatic rings. The molecule has 0 saturated carbocycles. The van der Waals surface area contributed by atoms with E-state index >= 15 is 0 Å². The molecule has 0 radical (unpaired) electrons. The van der Waals surface area contributed by atoms with Crippen molar-refractivity contribution in [1.29, 1.82) is 0 Å². The van der Waals surface area contributed by atoms with Crippen LogP contribution in [0, 0.1) is 6.92 Å². The van der Waals surface area contributed by atoms with Gasteiger partial charge in [0.1, 0.15) is 5.75 Å². The Bertz CT molecular complexity index is 409. The van der Waals surface area contributed by atoms with Gasteiger partial charge in [-0.25, -0.2) is 4.57 Å². The van der Waals surface area contributed by atoms with Crippen LogP contribution in [0.3, 0.4) is 0 Å². The summed E-state index contributed by atoms with van der Waals surface area (Å²) in [5, 5.41) is 0. The average molecular weight is 244 g/mol. The molecule has 0 aromatic heterocycles. The lowest BCUT2D eigenvalue weighted by Crippen LogP contribution is -2.18. The normalized spacial score (nSPS) is 15.6. The van der Waals surface area contributed by atoms with Gasteiger partial charge in [0, 0.05) is 0 Å². The lowest BCUT2D eigenvalue weighted by Gasteiger charge is -2.23. The number of phosphoric ester groups is 1. The summed E-state index contributed by atoms with van der Waals surface area (Å²) in [6.07, 6.45) is 0. The van der Waals surface area contributed by atoms with Crippen molar-refractivity contribution >= 4 is 7.82 Å². The largest absolute Gasteiger partial charge is 0.527 e. The van der Waals surface area contributed by atoms with Crippen molar-refractivity contribution < 1.29 is 18.5 Å². The van der Waals surface area contributed by atoms with Crippen LogP contribution < -0.4 is 4.52 Å². The first kappa shape index (κ1) is 13.2. The Kier molecular flexibility index (Phi) is 3.79. The SMILES string of the molecule is Cc1ccccc1OP(=O)(O)OC(C)(C)C. The Morgan fingerprint density at radius 1 is 1.25 bits per heavy atom. The van der Waals surface area contributed by atoms with Crippen LogP contribution in [0.1, 0.15) is 26.3 Å². The highest BCUT2D eigenvalue weighted by Gasteiger charge is 2.30.